The largest absolute Gasteiger partial charge is 0.390 e. The van der Waals surface area contributed by atoms with E-state index in [4.69, 9.17) is 0 Å². The number of amides is 1. The molecule has 5 heteroatoms. The zero-order chi connectivity index (χ0) is 13.2. The lowest BCUT2D eigenvalue weighted by Gasteiger charge is -2.25. The first-order valence-electron chi connectivity index (χ1n) is 6.63. The average molecular weight is 278 g/mol. The van der Waals surface area contributed by atoms with Gasteiger partial charge in [0.05, 0.1) is 18.2 Å². The van der Waals surface area contributed by atoms with E-state index in [0.717, 1.165) is 29.2 Å². The van der Waals surface area contributed by atoms with E-state index in [-0.39, 0.29) is 18.0 Å². The minimum Gasteiger partial charge on any atom is -0.390 e. The van der Waals surface area contributed by atoms with Gasteiger partial charge in [0.2, 0.25) is 5.91 Å². The van der Waals surface area contributed by atoms with Gasteiger partial charge in [-0.3, -0.25) is 4.79 Å². The van der Waals surface area contributed by atoms with Crippen molar-refractivity contribution in [3.8, 4) is 0 Å². The molecule has 0 bridgehead atoms. The van der Waals surface area contributed by atoms with Crippen molar-refractivity contribution in [1.29, 1.82) is 0 Å². The highest BCUT2D eigenvalue weighted by atomic mass is 32.2. The van der Waals surface area contributed by atoms with Crippen LogP contribution < -0.4 is 10.6 Å². The zero-order valence-electron chi connectivity index (χ0n) is 10.6. The quantitative estimate of drug-likeness (QED) is 0.736. The van der Waals surface area contributed by atoms with E-state index in [1.165, 1.54) is 0 Å². The molecule has 0 spiro atoms. The Kier molecular flexibility index (Phi) is 3.77. The standard InChI is InChI=1S/C14H18N2O2S/c17-12-7-9-3-1-2-4-10(9)13(12)16-14(18)11-8-19-6-5-15-11/h1-4,11-13,15,17H,5-8H2,(H,16,18)/t11?,12-,13+/m0/s1. The number of rotatable bonds is 2. The summed E-state index contributed by atoms with van der Waals surface area (Å²) >= 11 is 1.79. The highest BCUT2D eigenvalue weighted by Gasteiger charge is 2.33. The third kappa shape index (κ3) is 2.63. The Morgan fingerprint density at radius 3 is 3.05 bits per heavy atom. The minimum absolute atomic E-state index is 0.00652. The van der Waals surface area contributed by atoms with Gasteiger partial charge in [-0.25, -0.2) is 0 Å². The Balaban J connectivity index is 1.71. The Labute approximate surface area is 117 Å². The molecule has 3 atom stereocenters. The fourth-order valence-electron chi connectivity index (χ4n) is 2.74. The number of nitrogens with one attached hydrogen (secondary N) is 2. The maximum Gasteiger partial charge on any atom is 0.238 e. The van der Waals surface area contributed by atoms with Crippen LogP contribution in [0, 0.1) is 0 Å². The molecule has 19 heavy (non-hydrogen) atoms. The number of aliphatic hydroxyl groups is 1. The number of fused-ring (bicyclic) bond motifs is 1. The summed E-state index contributed by atoms with van der Waals surface area (Å²) in [6, 6.07) is 7.51. The molecule has 1 aliphatic heterocycles. The van der Waals surface area contributed by atoms with Gasteiger partial charge in [0.25, 0.3) is 0 Å². The Morgan fingerprint density at radius 2 is 2.26 bits per heavy atom. The SMILES string of the molecule is O=C(N[C@@H]1c2ccccc2C[C@@H]1O)C1CSCCN1. The van der Waals surface area contributed by atoms with Gasteiger partial charge in [0, 0.05) is 24.5 Å². The number of benzene rings is 1. The van der Waals surface area contributed by atoms with Gasteiger partial charge in [0.15, 0.2) is 0 Å². The number of hydrogen-bond acceptors (Lipinski definition) is 4. The van der Waals surface area contributed by atoms with Gasteiger partial charge in [-0.1, -0.05) is 24.3 Å². The maximum absolute atomic E-state index is 12.2. The molecule has 1 aliphatic carbocycles. The number of thioether (sulfide) groups is 1. The van der Waals surface area contributed by atoms with Crippen LogP contribution in [0.5, 0.6) is 0 Å². The third-order valence-electron chi connectivity index (χ3n) is 3.74. The molecular formula is C14H18N2O2S. The summed E-state index contributed by atoms with van der Waals surface area (Å²) in [5.41, 5.74) is 2.18. The molecule has 4 nitrogen and oxygen atoms in total. The van der Waals surface area contributed by atoms with Crippen LogP contribution in [0.4, 0.5) is 0 Å². The second-order valence-electron chi connectivity index (χ2n) is 5.04. The van der Waals surface area contributed by atoms with Crippen LogP contribution in [0.2, 0.25) is 0 Å². The summed E-state index contributed by atoms with van der Waals surface area (Å²) in [7, 11) is 0. The number of carbonyl (C=O) groups excluding carboxylic acids is 1. The second kappa shape index (κ2) is 5.53. The highest BCUT2D eigenvalue weighted by molar-refractivity contribution is 7.99. The first-order chi connectivity index (χ1) is 9.25. The van der Waals surface area contributed by atoms with Crippen LogP contribution in [-0.4, -0.2) is 41.2 Å². The molecule has 1 aromatic carbocycles. The molecule has 3 N–H and O–H groups in total. The summed E-state index contributed by atoms with van der Waals surface area (Å²) in [6.07, 6.45) is 0.103. The van der Waals surface area contributed by atoms with Crippen molar-refractivity contribution < 1.29 is 9.90 Å². The van der Waals surface area contributed by atoms with Crippen LogP contribution in [0.25, 0.3) is 0 Å². The topological polar surface area (TPSA) is 61.4 Å². The van der Waals surface area contributed by atoms with Crippen LogP contribution >= 0.6 is 11.8 Å². The zero-order valence-corrected chi connectivity index (χ0v) is 11.5. The second-order valence-corrected chi connectivity index (χ2v) is 6.19. The fourth-order valence-corrected chi connectivity index (χ4v) is 3.67. The Hall–Kier alpha value is -1.04. The van der Waals surface area contributed by atoms with Crippen LogP contribution in [0.1, 0.15) is 17.2 Å². The Bertz CT molecular complexity index is 474. The average Bonchev–Trinajstić information content (AvgIpc) is 2.76. The van der Waals surface area contributed by atoms with E-state index in [2.05, 4.69) is 10.6 Å². The van der Waals surface area contributed by atoms with E-state index in [1.54, 1.807) is 11.8 Å². The van der Waals surface area contributed by atoms with E-state index in [0.29, 0.717) is 6.42 Å². The molecule has 1 unspecified atom stereocenters. The van der Waals surface area contributed by atoms with Crippen molar-refractivity contribution in [2.45, 2.75) is 24.6 Å². The molecule has 0 aromatic heterocycles. The van der Waals surface area contributed by atoms with Crippen LogP contribution in [0.15, 0.2) is 24.3 Å². The molecule has 3 rings (SSSR count). The molecule has 102 valence electrons. The van der Waals surface area contributed by atoms with Gasteiger partial charge in [0.1, 0.15) is 0 Å². The summed E-state index contributed by atoms with van der Waals surface area (Å²) in [4.78, 5) is 12.2. The third-order valence-corrected chi connectivity index (χ3v) is 4.80. The normalized spacial score (nSPS) is 29.8. The number of aliphatic hydroxyl groups excluding tert-OH is 1. The fraction of sp³-hybridized carbons (Fsp3) is 0.500. The molecule has 1 amide bonds. The first-order valence-corrected chi connectivity index (χ1v) is 7.78. The van der Waals surface area contributed by atoms with Gasteiger partial charge in [-0.2, -0.15) is 11.8 Å². The molecule has 1 saturated heterocycles. The first kappa shape index (κ1) is 13.0. The Morgan fingerprint density at radius 1 is 1.42 bits per heavy atom. The number of hydrogen-bond donors (Lipinski definition) is 3. The molecule has 1 fully saturated rings. The van der Waals surface area contributed by atoms with Gasteiger partial charge >= 0.3 is 0 Å². The van der Waals surface area contributed by atoms with Crippen molar-refractivity contribution in [2.24, 2.45) is 0 Å². The summed E-state index contributed by atoms with van der Waals surface area (Å²) in [5, 5.41) is 16.3. The molecule has 0 radical (unpaired) electrons. The predicted octanol–water partition coefficient (Wildman–Crippen LogP) is 0.466. The van der Waals surface area contributed by atoms with E-state index >= 15 is 0 Å². The van der Waals surface area contributed by atoms with Gasteiger partial charge in [-0.15, -0.1) is 0 Å². The van der Waals surface area contributed by atoms with Crippen molar-refractivity contribution in [2.75, 3.05) is 18.1 Å². The monoisotopic (exact) mass is 278 g/mol. The van der Waals surface area contributed by atoms with E-state index in [9.17, 15) is 9.90 Å². The van der Waals surface area contributed by atoms with Crippen molar-refractivity contribution in [3.05, 3.63) is 35.4 Å². The molecule has 2 aliphatic rings. The lowest BCUT2D eigenvalue weighted by atomic mass is 10.1. The van der Waals surface area contributed by atoms with Crippen LogP contribution in [-0.2, 0) is 11.2 Å². The molecule has 1 heterocycles. The van der Waals surface area contributed by atoms with Gasteiger partial charge in [-0.05, 0) is 11.1 Å². The maximum atomic E-state index is 12.2. The van der Waals surface area contributed by atoms with Crippen molar-refractivity contribution >= 4 is 17.7 Å². The molecule has 0 saturated carbocycles. The van der Waals surface area contributed by atoms with Crippen molar-refractivity contribution in [3.63, 3.8) is 0 Å². The van der Waals surface area contributed by atoms with Crippen LogP contribution in [0.3, 0.4) is 0 Å². The lowest BCUT2D eigenvalue weighted by molar-refractivity contribution is -0.124. The summed E-state index contributed by atoms with van der Waals surface area (Å²) in [6.45, 7) is 0.868. The lowest BCUT2D eigenvalue weighted by Crippen LogP contribution is -2.50. The van der Waals surface area contributed by atoms with Crippen molar-refractivity contribution in [1.82, 2.24) is 10.6 Å². The summed E-state index contributed by atoms with van der Waals surface area (Å²) < 4.78 is 0. The smallest absolute Gasteiger partial charge is 0.238 e. The summed E-state index contributed by atoms with van der Waals surface area (Å²) in [5.74, 6) is 1.85. The molecule has 1 aromatic rings. The van der Waals surface area contributed by atoms with E-state index in [1.807, 2.05) is 24.3 Å². The minimum atomic E-state index is -0.516. The molecular weight excluding hydrogens is 260 g/mol. The highest BCUT2D eigenvalue weighted by Crippen LogP contribution is 2.31. The predicted molar refractivity (Wildman–Crippen MR) is 76.2 cm³/mol. The van der Waals surface area contributed by atoms with Gasteiger partial charge < -0.3 is 15.7 Å². The number of carbonyl (C=O) groups is 1. The van der Waals surface area contributed by atoms with E-state index < -0.39 is 6.10 Å².